The molecular formula is C20H22ClN3O2. The Morgan fingerprint density at radius 1 is 1.19 bits per heavy atom. The molecule has 2 heterocycles. The molecule has 1 spiro atoms. The monoisotopic (exact) mass is 371 g/mol. The average molecular weight is 372 g/mol. The predicted molar refractivity (Wildman–Crippen MR) is 101 cm³/mol. The second-order valence-electron chi connectivity index (χ2n) is 7.58. The summed E-state index contributed by atoms with van der Waals surface area (Å²) < 4.78 is 0. The summed E-state index contributed by atoms with van der Waals surface area (Å²) in [5.74, 6) is -0.304. The summed E-state index contributed by atoms with van der Waals surface area (Å²) in [4.78, 5) is 31.3. The van der Waals surface area contributed by atoms with Crippen LogP contribution in [0.2, 0.25) is 5.02 Å². The van der Waals surface area contributed by atoms with E-state index in [2.05, 4.69) is 10.3 Å². The number of carbonyl (C=O) groups excluding carboxylic acids is 2. The maximum absolute atomic E-state index is 12.6. The van der Waals surface area contributed by atoms with Gasteiger partial charge in [-0.2, -0.15) is 0 Å². The molecule has 2 amide bonds. The molecule has 0 bridgehead atoms. The first-order valence-corrected chi connectivity index (χ1v) is 9.49. The average Bonchev–Trinajstić information content (AvgIpc) is 3.40. The first-order chi connectivity index (χ1) is 12.5. The Labute approximate surface area is 157 Å². The van der Waals surface area contributed by atoms with Crippen LogP contribution in [0.15, 0.2) is 30.5 Å². The van der Waals surface area contributed by atoms with Gasteiger partial charge in [0.25, 0.3) is 5.91 Å². The van der Waals surface area contributed by atoms with Gasteiger partial charge in [-0.3, -0.25) is 14.6 Å². The minimum Gasteiger partial charge on any atom is -0.341 e. The van der Waals surface area contributed by atoms with Crippen molar-refractivity contribution in [2.45, 2.75) is 38.6 Å². The van der Waals surface area contributed by atoms with Crippen LogP contribution < -0.4 is 5.32 Å². The molecule has 6 heteroatoms. The van der Waals surface area contributed by atoms with Crippen molar-refractivity contribution in [3.05, 3.63) is 41.0 Å². The molecule has 0 radical (unpaired) electrons. The minimum atomic E-state index is -0.550. The number of aromatic nitrogens is 1. The van der Waals surface area contributed by atoms with Crippen LogP contribution in [0.4, 0.5) is 0 Å². The van der Waals surface area contributed by atoms with Crippen LogP contribution >= 0.6 is 11.6 Å². The van der Waals surface area contributed by atoms with Gasteiger partial charge in [0.15, 0.2) is 0 Å². The fraction of sp³-hybridized carbons (Fsp3) is 0.450. The SMILES string of the molecule is C[C@@H](NC(=O)c1cnc2ccc(Cl)cc2c1)C(=O)N1CCC2(CC1)CC2. The smallest absolute Gasteiger partial charge is 0.253 e. The van der Waals surface area contributed by atoms with Crippen LogP contribution in [0, 0.1) is 5.41 Å². The lowest BCUT2D eigenvalue weighted by Crippen LogP contribution is -2.49. The zero-order chi connectivity index (χ0) is 18.3. The fourth-order valence-corrected chi connectivity index (χ4v) is 3.90. The van der Waals surface area contributed by atoms with Crippen molar-refractivity contribution in [3.8, 4) is 0 Å². The molecule has 2 fully saturated rings. The van der Waals surface area contributed by atoms with E-state index in [1.54, 1.807) is 25.1 Å². The molecule has 1 aliphatic heterocycles. The Morgan fingerprint density at radius 2 is 1.92 bits per heavy atom. The molecule has 136 valence electrons. The largest absolute Gasteiger partial charge is 0.341 e. The Bertz CT molecular complexity index is 868. The number of nitrogens with zero attached hydrogens (tertiary/aromatic N) is 2. The van der Waals surface area contributed by atoms with Gasteiger partial charge in [0, 0.05) is 29.7 Å². The van der Waals surface area contributed by atoms with Crippen LogP contribution in [0.25, 0.3) is 10.9 Å². The molecule has 0 unspecified atom stereocenters. The van der Waals surface area contributed by atoms with Gasteiger partial charge in [-0.1, -0.05) is 11.6 Å². The molecule has 1 aromatic heterocycles. The van der Waals surface area contributed by atoms with Gasteiger partial charge in [-0.25, -0.2) is 0 Å². The van der Waals surface area contributed by atoms with Crippen LogP contribution in [-0.4, -0.2) is 40.8 Å². The summed E-state index contributed by atoms with van der Waals surface area (Å²) in [5.41, 5.74) is 1.73. The van der Waals surface area contributed by atoms with Crippen LogP contribution in [0.5, 0.6) is 0 Å². The van der Waals surface area contributed by atoms with E-state index in [-0.39, 0.29) is 11.8 Å². The molecular weight excluding hydrogens is 350 g/mol. The number of pyridine rings is 1. The van der Waals surface area contributed by atoms with Crippen molar-refractivity contribution in [1.29, 1.82) is 0 Å². The van der Waals surface area contributed by atoms with Gasteiger partial charge >= 0.3 is 0 Å². The number of halogens is 1. The topological polar surface area (TPSA) is 62.3 Å². The van der Waals surface area contributed by atoms with E-state index < -0.39 is 6.04 Å². The minimum absolute atomic E-state index is 0.00866. The Hall–Kier alpha value is -2.14. The number of carbonyl (C=O) groups is 2. The first-order valence-electron chi connectivity index (χ1n) is 9.11. The third-order valence-electron chi connectivity index (χ3n) is 5.72. The van der Waals surface area contributed by atoms with E-state index in [4.69, 9.17) is 11.6 Å². The lowest BCUT2D eigenvalue weighted by Gasteiger charge is -2.33. The van der Waals surface area contributed by atoms with Crippen molar-refractivity contribution in [3.63, 3.8) is 0 Å². The third-order valence-corrected chi connectivity index (χ3v) is 5.95. The number of nitrogens with one attached hydrogen (secondary N) is 1. The van der Waals surface area contributed by atoms with E-state index in [0.717, 1.165) is 36.8 Å². The Kier molecular flexibility index (Phi) is 4.35. The summed E-state index contributed by atoms with van der Waals surface area (Å²) in [6.45, 7) is 3.34. The number of hydrogen-bond acceptors (Lipinski definition) is 3. The van der Waals surface area contributed by atoms with Crippen molar-refractivity contribution in [1.82, 2.24) is 15.2 Å². The molecule has 1 N–H and O–H groups in total. The second kappa shape index (κ2) is 6.54. The normalized spacial score (nSPS) is 19.4. The molecule has 1 saturated carbocycles. The highest BCUT2D eigenvalue weighted by Gasteiger charge is 2.45. The highest BCUT2D eigenvalue weighted by Crippen LogP contribution is 2.53. The van der Waals surface area contributed by atoms with Crippen molar-refractivity contribution < 1.29 is 9.59 Å². The summed E-state index contributed by atoms with van der Waals surface area (Å²) in [6, 6.07) is 6.55. The van der Waals surface area contributed by atoms with Gasteiger partial charge in [-0.15, -0.1) is 0 Å². The maximum atomic E-state index is 12.6. The molecule has 1 saturated heterocycles. The fourth-order valence-electron chi connectivity index (χ4n) is 3.72. The molecule has 1 aliphatic carbocycles. The van der Waals surface area contributed by atoms with Gasteiger partial charge in [-0.05, 0) is 62.3 Å². The number of fused-ring (bicyclic) bond motifs is 1. The zero-order valence-corrected chi connectivity index (χ0v) is 15.6. The molecule has 26 heavy (non-hydrogen) atoms. The van der Waals surface area contributed by atoms with Crippen LogP contribution in [0.3, 0.4) is 0 Å². The van der Waals surface area contributed by atoms with Crippen LogP contribution in [0.1, 0.15) is 43.0 Å². The van der Waals surface area contributed by atoms with E-state index in [9.17, 15) is 9.59 Å². The number of hydrogen-bond donors (Lipinski definition) is 1. The molecule has 4 rings (SSSR count). The quantitative estimate of drug-likeness (QED) is 0.899. The zero-order valence-electron chi connectivity index (χ0n) is 14.8. The third kappa shape index (κ3) is 3.40. The molecule has 2 aromatic rings. The van der Waals surface area contributed by atoms with Gasteiger partial charge in [0.2, 0.25) is 5.91 Å². The van der Waals surface area contributed by atoms with E-state index in [1.165, 1.54) is 19.0 Å². The lowest BCUT2D eigenvalue weighted by atomic mass is 9.93. The Balaban J connectivity index is 1.41. The molecule has 2 aliphatic rings. The second-order valence-corrected chi connectivity index (χ2v) is 8.02. The first kappa shape index (κ1) is 17.3. The van der Waals surface area contributed by atoms with Crippen LogP contribution in [-0.2, 0) is 4.79 Å². The summed E-state index contributed by atoms with van der Waals surface area (Å²) in [7, 11) is 0. The van der Waals surface area contributed by atoms with Gasteiger partial charge in [0.05, 0.1) is 11.1 Å². The van der Waals surface area contributed by atoms with Crippen molar-refractivity contribution in [2.75, 3.05) is 13.1 Å². The number of amides is 2. The van der Waals surface area contributed by atoms with E-state index in [1.807, 2.05) is 11.0 Å². The highest BCUT2D eigenvalue weighted by atomic mass is 35.5. The highest BCUT2D eigenvalue weighted by molar-refractivity contribution is 6.31. The number of rotatable bonds is 3. The lowest BCUT2D eigenvalue weighted by molar-refractivity contribution is -0.134. The molecule has 5 nitrogen and oxygen atoms in total. The van der Waals surface area contributed by atoms with Crippen molar-refractivity contribution in [2.24, 2.45) is 5.41 Å². The maximum Gasteiger partial charge on any atom is 0.253 e. The molecule has 1 aromatic carbocycles. The predicted octanol–water partition coefficient (Wildman–Crippen LogP) is 3.41. The number of piperidine rings is 1. The summed E-state index contributed by atoms with van der Waals surface area (Å²) >= 11 is 6.01. The van der Waals surface area contributed by atoms with Gasteiger partial charge in [0.1, 0.15) is 6.04 Å². The number of likely N-dealkylation sites (tertiary alicyclic amines) is 1. The van der Waals surface area contributed by atoms with Gasteiger partial charge < -0.3 is 10.2 Å². The summed E-state index contributed by atoms with van der Waals surface area (Å²) in [5, 5.41) is 4.20. The molecule has 1 atom stereocenters. The number of benzene rings is 1. The van der Waals surface area contributed by atoms with E-state index >= 15 is 0 Å². The standard InChI is InChI=1S/C20H22ClN3O2/c1-13(19(26)24-8-6-20(4-5-20)7-9-24)23-18(25)15-10-14-11-16(21)2-3-17(14)22-12-15/h2-3,10-13H,4-9H2,1H3,(H,23,25)/t13-/m1/s1. The van der Waals surface area contributed by atoms with E-state index in [0.29, 0.717) is 16.0 Å². The van der Waals surface area contributed by atoms with Crippen molar-refractivity contribution >= 4 is 34.3 Å². The Morgan fingerprint density at radius 3 is 2.62 bits per heavy atom. The summed E-state index contributed by atoms with van der Waals surface area (Å²) in [6.07, 6.45) is 6.32.